The third-order valence-electron chi connectivity index (χ3n) is 3.31. The van der Waals surface area contributed by atoms with E-state index in [9.17, 15) is 9.59 Å². The summed E-state index contributed by atoms with van der Waals surface area (Å²) in [6, 6.07) is 5.43. The lowest BCUT2D eigenvalue weighted by Crippen LogP contribution is -2.48. The molecule has 1 aromatic rings. The van der Waals surface area contributed by atoms with Crippen molar-refractivity contribution in [3.63, 3.8) is 0 Å². The predicted octanol–water partition coefficient (Wildman–Crippen LogP) is 0.338. The van der Waals surface area contributed by atoms with Crippen LogP contribution >= 0.6 is 0 Å². The SMILES string of the molecule is Cc1ccc(N)cc1NC(=O)CCN1CCNC(=O)C1. The number of benzene rings is 1. The van der Waals surface area contributed by atoms with Crippen molar-refractivity contribution >= 4 is 23.2 Å². The minimum absolute atomic E-state index is 0.0170. The number of anilines is 2. The summed E-state index contributed by atoms with van der Waals surface area (Å²) < 4.78 is 0. The Morgan fingerprint density at radius 2 is 2.30 bits per heavy atom. The van der Waals surface area contributed by atoms with Gasteiger partial charge in [0.2, 0.25) is 11.8 Å². The molecule has 6 nitrogen and oxygen atoms in total. The number of nitrogens with one attached hydrogen (secondary N) is 2. The molecule has 0 spiro atoms. The van der Waals surface area contributed by atoms with Crippen molar-refractivity contribution in [2.45, 2.75) is 13.3 Å². The quantitative estimate of drug-likeness (QED) is 0.692. The highest BCUT2D eigenvalue weighted by atomic mass is 16.2. The van der Waals surface area contributed by atoms with Crippen LogP contribution < -0.4 is 16.4 Å². The third-order valence-corrected chi connectivity index (χ3v) is 3.31. The molecule has 0 bridgehead atoms. The highest BCUT2D eigenvalue weighted by Crippen LogP contribution is 2.18. The van der Waals surface area contributed by atoms with Crippen LogP contribution in [-0.4, -0.2) is 42.9 Å². The van der Waals surface area contributed by atoms with Gasteiger partial charge in [0.1, 0.15) is 0 Å². The number of nitrogens with zero attached hydrogens (tertiary/aromatic N) is 1. The first-order valence-corrected chi connectivity index (χ1v) is 6.69. The molecule has 0 unspecified atom stereocenters. The molecule has 1 saturated heterocycles. The molecule has 20 heavy (non-hydrogen) atoms. The van der Waals surface area contributed by atoms with Crippen molar-refractivity contribution < 1.29 is 9.59 Å². The number of hydrogen-bond donors (Lipinski definition) is 3. The van der Waals surface area contributed by atoms with Crippen LogP contribution in [0.3, 0.4) is 0 Å². The lowest BCUT2D eigenvalue weighted by Gasteiger charge is -2.26. The van der Waals surface area contributed by atoms with E-state index in [1.165, 1.54) is 0 Å². The maximum Gasteiger partial charge on any atom is 0.234 e. The molecule has 2 rings (SSSR count). The number of piperazine rings is 1. The molecular weight excluding hydrogens is 256 g/mol. The van der Waals surface area contributed by atoms with E-state index >= 15 is 0 Å². The van der Waals surface area contributed by atoms with Gasteiger partial charge in [0.15, 0.2) is 0 Å². The Morgan fingerprint density at radius 1 is 1.50 bits per heavy atom. The lowest BCUT2D eigenvalue weighted by atomic mass is 10.2. The molecule has 6 heteroatoms. The average Bonchev–Trinajstić information content (AvgIpc) is 2.41. The fourth-order valence-electron chi connectivity index (χ4n) is 2.13. The number of hydrogen-bond acceptors (Lipinski definition) is 4. The second kappa shape index (κ2) is 6.38. The summed E-state index contributed by atoms with van der Waals surface area (Å²) in [6.45, 7) is 4.31. The van der Waals surface area contributed by atoms with E-state index in [0.29, 0.717) is 31.7 Å². The highest BCUT2D eigenvalue weighted by Gasteiger charge is 2.16. The van der Waals surface area contributed by atoms with E-state index in [-0.39, 0.29) is 11.8 Å². The first-order chi connectivity index (χ1) is 9.54. The Balaban J connectivity index is 1.83. The molecule has 2 amide bonds. The van der Waals surface area contributed by atoms with Gasteiger partial charge in [-0.3, -0.25) is 14.5 Å². The van der Waals surface area contributed by atoms with E-state index in [1.54, 1.807) is 12.1 Å². The van der Waals surface area contributed by atoms with Crippen LogP contribution in [0.5, 0.6) is 0 Å². The summed E-state index contributed by atoms with van der Waals surface area (Å²) in [7, 11) is 0. The Hall–Kier alpha value is -2.08. The molecule has 1 aliphatic rings. The van der Waals surface area contributed by atoms with Crippen molar-refractivity contribution in [1.29, 1.82) is 0 Å². The molecule has 0 atom stereocenters. The summed E-state index contributed by atoms with van der Waals surface area (Å²) in [5.74, 6) is -0.0481. The van der Waals surface area contributed by atoms with E-state index in [2.05, 4.69) is 10.6 Å². The number of aryl methyl sites for hydroxylation is 1. The second-order valence-electron chi connectivity index (χ2n) is 5.00. The molecule has 108 valence electrons. The van der Waals surface area contributed by atoms with E-state index < -0.39 is 0 Å². The standard InChI is InChI=1S/C14H20N4O2/c1-10-2-3-11(15)8-12(10)17-13(19)4-6-18-7-5-16-14(20)9-18/h2-3,8H,4-7,9,15H2,1H3,(H,16,20)(H,17,19). The first-order valence-electron chi connectivity index (χ1n) is 6.69. The zero-order valence-corrected chi connectivity index (χ0v) is 11.6. The van der Waals surface area contributed by atoms with Gasteiger partial charge in [-0.15, -0.1) is 0 Å². The second-order valence-corrected chi connectivity index (χ2v) is 5.00. The molecular formula is C14H20N4O2. The molecule has 1 aliphatic heterocycles. The molecule has 1 aromatic carbocycles. The Morgan fingerprint density at radius 3 is 3.05 bits per heavy atom. The van der Waals surface area contributed by atoms with Gasteiger partial charge in [-0.1, -0.05) is 6.07 Å². The van der Waals surface area contributed by atoms with E-state index in [4.69, 9.17) is 5.73 Å². The highest BCUT2D eigenvalue weighted by molar-refractivity contribution is 5.92. The Kier molecular flexibility index (Phi) is 4.57. The van der Waals surface area contributed by atoms with E-state index in [0.717, 1.165) is 17.8 Å². The number of nitrogen functional groups attached to an aromatic ring is 1. The van der Waals surface area contributed by atoms with Crippen LogP contribution in [0.25, 0.3) is 0 Å². The summed E-state index contributed by atoms with van der Waals surface area (Å²) in [6.07, 6.45) is 0.363. The normalized spacial score (nSPS) is 15.8. The first kappa shape index (κ1) is 14.3. The van der Waals surface area contributed by atoms with Gasteiger partial charge >= 0.3 is 0 Å². The number of rotatable bonds is 4. The minimum atomic E-state index is -0.0651. The smallest absolute Gasteiger partial charge is 0.234 e. The van der Waals surface area contributed by atoms with Crippen molar-refractivity contribution in [3.8, 4) is 0 Å². The number of carbonyl (C=O) groups is 2. The largest absolute Gasteiger partial charge is 0.399 e. The molecule has 1 fully saturated rings. The van der Waals surface area contributed by atoms with Crippen molar-refractivity contribution in [2.24, 2.45) is 0 Å². The number of nitrogens with two attached hydrogens (primary N) is 1. The predicted molar refractivity (Wildman–Crippen MR) is 78.3 cm³/mol. The zero-order chi connectivity index (χ0) is 14.5. The topological polar surface area (TPSA) is 87.5 Å². The van der Waals surface area contributed by atoms with E-state index in [1.807, 2.05) is 17.9 Å². The van der Waals surface area contributed by atoms with Crippen LogP contribution in [0.1, 0.15) is 12.0 Å². The number of carbonyl (C=O) groups excluding carboxylic acids is 2. The van der Waals surface area contributed by atoms with Crippen LogP contribution in [0.15, 0.2) is 18.2 Å². The van der Waals surface area contributed by atoms with Crippen LogP contribution in [-0.2, 0) is 9.59 Å². The van der Waals surface area contributed by atoms with Gasteiger partial charge in [-0.25, -0.2) is 0 Å². The third kappa shape index (κ3) is 3.96. The van der Waals surface area contributed by atoms with Gasteiger partial charge in [0, 0.05) is 37.4 Å². The van der Waals surface area contributed by atoms with Gasteiger partial charge < -0.3 is 16.4 Å². The molecule has 0 aromatic heterocycles. The van der Waals surface area contributed by atoms with Crippen LogP contribution in [0.4, 0.5) is 11.4 Å². The molecule has 1 heterocycles. The molecule has 0 aliphatic carbocycles. The molecule has 0 saturated carbocycles. The minimum Gasteiger partial charge on any atom is -0.399 e. The van der Waals surface area contributed by atoms with Gasteiger partial charge in [-0.2, -0.15) is 0 Å². The summed E-state index contributed by atoms with van der Waals surface area (Å²) in [5.41, 5.74) is 8.05. The zero-order valence-electron chi connectivity index (χ0n) is 11.6. The van der Waals surface area contributed by atoms with Crippen molar-refractivity contribution in [1.82, 2.24) is 10.2 Å². The average molecular weight is 276 g/mol. The fraction of sp³-hybridized carbons (Fsp3) is 0.429. The lowest BCUT2D eigenvalue weighted by molar-refractivity contribution is -0.125. The summed E-state index contributed by atoms with van der Waals surface area (Å²) in [5, 5.41) is 5.61. The number of amides is 2. The van der Waals surface area contributed by atoms with Gasteiger partial charge in [-0.05, 0) is 24.6 Å². The van der Waals surface area contributed by atoms with Gasteiger partial charge in [0.05, 0.1) is 6.54 Å². The Bertz CT molecular complexity index is 516. The summed E-state index contributed by atoms with van der Waals surface area (Å²) in [4.78, 5) is 25.1. The monoisotopic (exact) mass is 276 g/mol. The maximum absolute atomic E-state index is 11.9. The fourth-order valence-corrected chi connectivity index (χ4v) is 2.13. The van der Waals surface area contributed by atoms with Crippen molar-refractivity contribution in [3.05, 3.63) is 23.8 Å². The molecule has 0 radical (unpaired) electrons. The maximum atomic E-state index is 11.9. The van der Waals surface area contributed by atoms with Gasteiger partial charge in [0.25, 0.3) is 0 Å². The summed E-state index contributed by atoms with van der Waals surface area (Å²) >= 11 is 0. The van der Waals surface area contributed by atoms with Crippen molar-refractivity contribution in [2.75, 3.05) is 37.2 Å². The van der Waals surface area contributed by atoms with Crippen LogP contribution in [0, 0.1) is 6.92 Å². The molecule has 4 N–H and O–H groups in total. The van der Waals surface area contributed by atoms with Crippen LogP contribution in [0.2, 0.25) is 0 Å². The Labute approximate surface area is 118 Å².